The Morgan fingerprint density at radius 3 is 2.11 bits per heavy atom. The van der Waals surface area contributed by atoms with Gasteiger partial charge in [-0.25, -0.2) is 14.4 Å². The van der Waals surface area contributed by atoms with E-state index in [4.69, 9.17) is 15.3 Å². The molecule has 0 bridgehead atoms. The van der Waals surface area contributed by atoms with E-state index in [1.807, 2.05) is 0 Å². The van der Waals surface area contributed by atoms with Gasteiger partial charge in [0.1, 0.15) is 0 Å². The van der Waals surface area contributed by atoms with E-state index in [0.717, 1.165) is 17.0 Å². The van der Waals surface area contributed by atoms with E-state index in [1.165, 1.54) is 0 Å². The lowest BCUT2D eigenvalue weighted by molar-refractivity contribution is 0.0651. The molecule has 1 amide bonds. The molecule has 1 aromatic carbocycles. The van der Waals surface area contributed by atoms with Crippen LogP contribution in [0.2, 0.25) is 0 Å². The van der Waals surface area contributed by atoms with Crippen LogP contribution in [0, 0.1) is 0 Å². The molecule has 0 aromatic heterocycles. The van der Waals surface area contributed by atoms with Gasteiger partial charge < -0.3 is 15.3 Å². The lowest BCUT2D eigenvalue weighted by atomic mass is 9.99. The van der Waals surface area contributed by atoms with E-state index < -0.39 is 23.6 Å². The van der Waals surface area contributed by atoms with Crippen LogP contribution < -0.4 is 4.90 Å². The number of carboxylic acids is 2. The first-order chi connectivity index (χ1) is 8.91. The molecule has 1 aliphatic rings. The second-order valence-corrected chi connectivity index (χ2v) is 3.86. The molecular weight excluding hydrogens is 254 g/mol. The van der Waals surface area contributed by atoms with Crippen molar-refractivity contribution in [2.45, 2.75) is 0 Å². The lowest BCUT2D eigenvalue weighted by Crippen LogP contribution is -2.32. The predicted molar refractivity (Wildman–Crippen MR) is 64.8 cm³/mol. The molecule has 19 heavy (non-hydrogen) atoms. The van der Waals surface area contributed by atoms with E-state index in [2.05, 4.69) is 0 Å². The van der Waals surface area contributed by atoms with Gasteiger partial charge in [0.25, 0.3) is 0 Å². The van der Waals surface area contributed by atoms with Crippen LogP contribution in [0.5, 0.6) is 0 Å². The quantitative estimate of drug-likeness (QED) is 0.746. The number of aromatic carboxylic acids is 2. The number of rotatable bonds is 2. The molecule has 0 spiro atoms. The molecule has 1 heterocycles. The van der Waals surface area contributed by atoms with Crippen molar-refractivity contribution in [2.24, 2.45) is 0 Å². The average Bonchev–Trinajstić information content (AvgIpc) is 2.35. The SMILES string of the molecule is O=C(O)c1cc2c(cc1C(=O)O)N(C(=O)O)CC=C2. The summed E-state index contributed by atoms with van der Waals surface area (Å²) in [6.45, 7) is 0.0911. The fourth-order valence-electron chi connectivity index (χ4n) is 1.89. The van der Waals surface area contributed by atoms with Gasteiger partial charge in [-0.05, 0) is 17.7 Å². The second-order valence-electron chi connectivity index (χ2n) is 3.86. The number of hydrogen-bond acceptors (Lipinski definition) is 3. The normalized spacial score (nSPS) is 12.9. The third-order valence-electron chi connectivity index (χ3n) is 2.73. The van der Waals surface area contributed by atoms with Crippen molar-refractivity contribution < 1.29 is 29.7 Å². The van der Waals surface area contributed by atoms with Crippen molar-refractivity contribution in [3.05, 3.63) is 34.9 Å². The smallest absolute Gasteiger partial charge is 0.412 e. The molecule has 0 fully saturated rings. The topological polar surface area (TPSA) is 115 Å². The van der Waals surface area contributed by atoms with Crippen molar-refractivity contribution in [1.82, 2.24) is 0 Å². The molecular formula is C12H9NO6. The van der Waals surface area contributed by atoms with Crippen LogP contribution in [0.15, 0.2) is 18.2 Å². The molecule has 0 unspecified atom stereocenters. The summed E-state index contributed by atoms with van der Waals surface area (Å²) in [5.41, 5.74) is -0.288. The van der Waals surface area contributed by atoms with Crippen molar-refractivity contribution in [3.63, 3.8) is 0 Å². The number of anilines is 1. The van der Waals surface area contributed by atoms with Gasteiger partial charge in [-0.1, -0.05) is 12.2 Å². The summed E-state index contributed by atoms with van der Waals surface area (Å²) < 4.78 is 0. The maximum Gasteiger partial charge on any atom is 0.412 e. The number of amides is 1. The largest absolute Gasteiger partial charge is 0.478 e. The van der Waals surface area contributed by atoms with Crippen LogP contribution in [0.4, 0.5) is 10.5 Å². The monoisotopic (exact) mass is 263 g/mol. The zero-order valence-electron chi connectivity index (χ0n) is 9.53. The first kappa shape index (κ1) is 12.6. The molecule has 0 saturated carbocycles. The van der Waals surface area contributed by atoms with E-state index >= 15 is 0 Å². The first-order valence-corrected chi connectivity index (χ1v) is 5.23. The first-order valence-electron chi connectivity index (χ1n) is 5.23. The molecule has 7 nitrogen and oxygen atoms in total. The van der Waals surface area contributed by atoms with Gasteiger partial charge in [0.2, 0.25) is 0 Å². The van der Waals surface area contributed by atoms with Crippen molar-refractivity contribution in [3.8, 4) is 0 Å². The molecule has 7 heteroatoms. The Kier molecular flexibility index (Phi) is 2.95. The highest BCUT2D eigenvalue weighted by Crippen LogP contribution is 2.29. The Labute approximate surface area is 107 Å². The maximum absolute atomic E-state index is 11.0. The van der Waals surface area contributed by atoms with E-state index in [-0.39, 0.29) is 17.8 Å². The van der Waals surface area contributed by atoms with Crippen molar-refractivity contribution in [1.29, 1.82) is 0 Å². The Bertz CT molecular complexity index is 619. The van der Waals surface area contributed by atoms with Gasteiger partial charge in [-0.3, -0.25) is 4.90 Å². The minimum absolute atomic E-state index is 0.0911. The summed E-state index contributed by atoms with van der Waals surface area (Å²) in [6, 6.07) is 2.23. The Balaban J connectivity index is 2.69. The third kappa shape index (κ3) is 2.13. The summed E-state index contributed by atoms with van der Waals surface area (Å²) in [5.74, 6) is -2.79. The van der Waals surface area contributed by atoms with E-state index in [0.29, 0.717) is 5.56 Å². The summed E-state index contributed by atoms with van der Waals surface area (Å²) in [6.07, 6.45) is 1.89. The number of nitrogens with zero attached hydrogens (tertiary/aromatic N) is 1. The minimum Gasteiger partial charge on any atom is -0.478 e. The highest BCUT2D eigenvalue weighted by molar-refractivity contribution is 6.05. The highest BCUT2D eigenvalue weighted by atomic mass is 16.4. The van der Waals surface area contributed by atoms with Crippen LogP contribution in [0.3, 0.4) is 0 Å². The highest BCUT2D eigenvalue weighted by Gasteiger charge is 2.25. The number of carboxylic acid groups (broad SMARTS) is 3. The molecule has 0 aliphatic carbocycles. The third-order valence-corrected chi connectivity index (χ3v) is 2.73. The molecule has 98 valence electrons. The maximum atomic E-state index is 11.0. The van der Waals surface area contributed by atoms with Crippen molar-refractivity contribution >= 4 is 29.8 Å². The molecule has 0 atom stereocenters. The second kappa shape index (κ2) is 4.45. The number of hydrogen-bond donors (Lipinski definition) is 3. The fraction of sp³-hybridized carbons (Fsp3) is 0.0833. The molecule has 2 rings (SSSR count). The van der Waals surface area contributed by atoms with E-state index in [1.54, 1.807) is 12.2 Å². The van der Waals surface area contributed by atoms with Gasteiger partial charge in [0.05, 0.1) is 16.8 Å². The number of fused-ring (bicyclic) bond motifs is 1. The van der Waals surface area contributed by atoms with Crippen LogP contribution >= 0.6 is 0 Å². The lowest BCUT2D eigenvalue weighted by Gasteiger charge is -2.24. The summed E-state index contributed by atoms with van der Waals surface area (Å²) >= 11 is 0. The summed E-state index contributed by atoms with van der Waals surface area (Å²) in [4.78, 5) is 34.0. The minimum atomic E-state index is -1.42. The molecule has 1 aromatic rings. The zero-order valence-corrected chi connectivity index (χ0v) is 9.53. The Morgan fingerprint density at radius 2 is 1.58 bits per heavy atom. The average molecular weight is 263 g/mol. The number of benzene rings is 1. The Morgan fingerprint density at radius 1 is 1.00 bits per heavy atom. The van der Waals surface area contributed by atoms with Crippen LogP contribution in [0.1, 0.15) is 26.3 Å². The van der Waals surface area contributed by atoms with Crippen LogP contribution in [-0.4, -0.2) is 39.9 Å². The Hall–Kier alpha value is -2.83. The van der Waals surface area contributed by atoms with Gasteiger partial charge in [-0.2, -0.15) is 0 Å². The zero-order chi connectivity index (χ0) is 14.2. The van der Waals surface area contributed by atoms with Crippen molar-refractivity contribution in [2.75, 3.05) is 11.4 Å². The van der Waals surface area contributed by atoms with E-state index in [9.17, 15) is 14.4 Å². The van der Waals surface area contributed by atoms with Crippen LogP contribution in [0.25, 0.3) is 6.08 Å². The predicted octanol–water partition coefficient (Wildman–Crippen LogP) is 1.59. The number of carbonyl (C=O) groups is 3. The van der Waals surface area contributed by atoms with Gasteiger partial charge in [0, 0.05) is 6.54 Å². The van der Waals surface area contributed by atoms with Gasteiger partial charge in [0.15, 0.2) is 0 Å². The molecule has 0 saturated heterocycles. The van der Waals surface area contributed by atoms with Gasteiger partial charge >= 0.3 is 18.0 Å². The summed E-state index contributed by atoms with van der Waals surface area (Å²) in [7, 11) is 0. The molecule has 1 aliphatic heterocycles. The van der Waals surface area contributed by atoms with Crippen LogP contribution in [-0.2, 0) is 0 Å². The molecule has 0 radical (unpaired) electrons. The fourth-order valence-corrected chi connectivity index (χ4v) is 1.89. The molecule has 3 N–H and O–H groups in total. The standard InChI is InChI=1S/C12H9NO6/c14-10(15)7-4-6-2-1-3-13(12(18)19)9(6)5-8(7)11(16)17/h1-2,4-5H,3H2,(H,14,15)(H,16,17)(H,18,19). The van der Waals surface area contributed by atoms with Gasteiger partial charge in [-0.15, -0.1) is 0 Å². The summed E-state index contributed by atoms with van der Waals surface area (Å²) in [5, 5.41) is 27.0.